The fourth-order valence-electron chi connectivity index (χ4n) is 2.02. The number of nitrogens with zero attached hydrogens (tertiary/aromatic N) is 1. The molecule has 0 radical (unpaired) electrons. The Balaban J connectivity index is 2.21. The summed E-state index contributed by atoms with van der Waals surface area (Å²) in [6.45, 7) is 4.40. The second-order valence-corrected chi connectivity index (χ2v) is 6.18. The van der Waals surface area contributed by atoms with E-state index in [1.165, 1.54) is 0 Å². The third kappa shape index (κ3) is 3.60. The van der Waals surface area contributed by atoms with Crippen molar-refractivity contribution < 1.29 is 9.47 Å². The van der Waals surface area contributed by atoms with Crippen molar-refractivity contribution in [2.24, 2.45) is 4.99 Å². The Bertz CT molecular complexity index is 482. The first-order valence-electron chi connectivity index (χ1n) is 6.81. The zero-order chi connectivity index (χ0) is 14.6. The number of anilines is 1. The number of amidine groups is 1. The summed E-state index contributed by atoms with van der Waals surface area (Å²) in [5.74, 6) is 2.63. The summed E-state index contributed by atoms with van der Waals surface area (Å²) in [7, 11) is 3.30. The molecule has 1 aromatic rings. The molecule has 1 unspecified atom stereocenters. The molecule has 1 heterocycles. The maximum absolute atomic E-state index is 5.28. The van der Waals surface area contributed by atoms with Crippen molar-refractivity contribution in [3.05, 3.63) is 18.2 Å². The van der Waals surface area contributed by atoms with Gasteiger partial charge in [-0.3, -0.25) is 4.99 Å². The summed E-state index contributed by atoms with van der Waals surface area (Å²) in [5, 5.41) is 4.34. The van der Waals surface area contributed by atoms with E-state index in [9.17, 15) is 0 Å². The van der Waals surface area contributed by atoms with Crippen molar-refractivity contribution in [1.82, 2.24) is 0 Å². The highest BCUT2D eigenvalue weighted by Crippen LogP contribution is 2.31. The van der Waals surface area contributed by atoms with Gasteiger partial charge in [0.25, 0.3) is 0 Å². The van der Waals surface area contributed by atoms with Crippen molar-refractivity contribution in [2.75, 3.05) is 25.3 Å². The summed E-state index contributed by atoms with van der Waals surface area (Å²) < 4.78 is 10.6. The van der Waals surface area contributed by atoms with Crippen LogP contribution < -0.4 is 14.8 Å². The number of rotatable bonds is 4. The van der Waals surface area contributed by atoms with Crippen LogP contribution in [-0.4, -0.2) is 30.7 Å². The Hall–Kier alpha value is -1.36. The minimum absolute atomic E-state index is 0.0521. The molecule has 1 aliphatic rings. The largest absolute Gasteiger partial charge is 0.497 e. The van der Waals surface area contributed by atoms with Crippen LogP contribution in [0.5, 0.6) is 11.5 Å². The zero-order valence-electron chi connectivity index (χ0n) is 12.5. The van der Waals surface area contributed by atoms with Gasteiger partial charge < -0.3 is 14.8 Å². The van der Waals surface area contributed by atoms with Crippen molar-refractivity contribution in [1.29, 1.82) is 0 Å². The lowest BCUT2D eigenvalue weighted by Crippen LogP contribution is -2.29. The number of hydrogen-bond acceptors (Lipinski definition) is 5. The van der Waals surface area contributed by atoms with Gasteiger partial charge in [0, 0.05) is 29.6 Å². The Kier molecular flexibility index (Phi) is 4.81. The van der Waals surface area contributed by atoms with E-state index < -0.39 is 0 Å². The quantitative estimate of drug-likeness (QED) is 0.917. The number of ether oxygens (including phenoxy) is 2. The van der Waals surface area contributed by atoms with Gasteiger partial charge in [0.1, 0.15) is 11.5 Å². The fourth-order valence-corrected chi connectivity index (χ4v) is 3.23. The monoisotopic (exact) mass is 294 g/mol. The Morgan fingerprint density at radius 2 is 1.90 bits per heavy atom. The molecule has 0 fully saturated rings. The molecule has 0 aliphatic carbocycles. The van der Waals surface area contributed by atoms with Gasteiger partial charge in [-0.15, -0.1) is 0 Å². The minimum atomic E-state index is 0.0521. The van der Waals surface area contributed by atoms with Crippen LogP contribution in [0.1, 0.15) is 26.7 Å². The van der Waals surface area contributed by atoms with Gasteiger partial charge in [0.05, 0.1) is 19.8 Å². The zero-order valence-corrected chi connectivity index (χ0v) is 13.3. The van der Waals surface area contributed by atoms with Crippen LogP contribution in [0.25, 0.3) is 0 Å². The van der Waals surface area contributed by atoms with E-state index in [1.807, 2.05) is 18.2 Å². The van der Waals surface area contributed by atoms with E-state index in [-0.39, 0.29) is 5.54 Å². The summed E-state index contributed by atoms with van der Waals surface area (Å²) in [4.78, 5) is 4.83. The third-order valence-electron chi connectivity index (χ3n) is 3.62. The second-order valence-electron chi connectivity index (χ2n) is 5.09. The number of hydrogen-bond donors (Lipinski definition) is 1. The van der Waals surface area contributed by atoms with Crippen molar-refractivity contribution in [3.8, 4) is 11.5 Å². The van der Waals surface area contributed by atoms with Crippen molar-refractivity contribution in [3.63, 3.8) is 0 Å². The lowest BCUT2D eigenvalue weighted by Gasteiger charge is -2.29. The van der Waals surface area contributed by atoms with Crippen molar-refractivity contribution in [2.45, 2.75) is 32.2 Å². The number of thioether (sulfide) groups is 1. The standard InChI is InChI=1S/C15H22N2O2S/c1-5-15(2)6-7-20-14(17-15)16-11-8-12(18-3)10-13(9-11)19-4/h8-10H,5-7H2,1-4H3,(H,16,17). The molecule has 20 heavy (non-hydrogen) atoms. The number of aliphatic imine (C=N–C) groups is 1. The van der Waals surface area contributed by atoms with Gasteiger partial charge in [0.15, 0.2) is 5.17 Å². The molecule has 1 aliphatic heterocycles. The molecule has 1 atom stereocenters. The minimum Gasteiger partial charge on any atom is -0.497 e. The summed E-state index contributed by atoms with van der Waals surface area (Å²) in [5.41, 5.74) is 0.990. The lowest BCUT2D eigenvalue weighted by molar-refractivity contribution is 0.395. The number of benzene rings is 1. The molecule has 0 bridgehead atoms. The highest BCUT2D eigenvalue weighted by Gasteiger charge is 2.26. The summed E-state index contributed by atoms with van der Waals surface area (Å²) in [6, 6.07) is 5.75. The van der Waals surface area contributed by atoms with E-state index in [4.69, 9.17) is 14.5 Å². The maximum Gasteiger partial charge on any atom is 0.161 e. The lowest BCUT2D eigenvalue weighted by atomic mass is 9.97. The van der Waals surface area contributed by atoms with E-state index in [0.29, 0.717) is 0 Å². The second kappa shape index (κ2) is 6.39. The molecule has 2 rings (SSSR count). The van der Waals surface area contributed by atoms with E-state index in [1.54, 1.807) is 26.0 Å². The summed E-state index contributed by atoms with van der Waals surface area (Å²) >= 11 is 1.76. The normalized spacial score (nSPS) is 22.1. The molecule has 0 saturated heterocycles. The molecule has 0 amide bonds. The molecule has 110 valence electrons. The number of nitrogens with one attached hydrogen (secondary N) is 1. The third-order valence-corrected chi connectivity index (χ3v) is 4.49. The average molecular weight is 294 g/mol. The SMILES string of the molecule is CCC1(C)CCSC(Nc2cc(OC)cc(OC)c2)=N1. The van der Waals surface area contributed by atoms with Crippen LogP contribution in [0.4, 0.5) is 5.69 Å². The van der Waals surface area contributed by atoms with Crippen molar-refractivity contribution >= 4 is 22.6 Å². The average Bonchev–Trinajstić information content (AvgIpc) is 2.47. The molecule has 0 aromatic heterocycles. The highest BCUT2D eigenvalue weighted by atomic mass is 32.2. The molecule has 0 saturated carbocycles. The Labute approximate surface area is 125 Å². The van der Waals surface area contributed by atoms with Crippen LogP contribution in [0.15, 0.2) is 23.2 Å². The molecule has 4 nitrogen and oxygen atoms in total. The van der Waals surface area contributed by atoms with Crippen LogP contribution in [0.2, 0.25) is 0 Å². The fraction of sp³-hybridized carbons (Fsp3) is 0.533. The van der Waals surface area contributed by atoms with Gasteiger partial charge in [0.2, 0.25) is 0 Å². The van der Waals surface area contributed by atoms with Crippen LogP contribution in [0, 0.1) is 0 Å². The highest BCUT2D eigenvalue weighted by molar-refractivity contribution is 8.14. The van der Waals surface area contributed by atoms with Gasteiger partial charge in [-0.25, -0.2) is 0 Å². The predicted octanol–water partition coefficient (Wildman–Crippen LogP) is 3.78. The molecular formula is C15H22N2O2S. The Morgan fingerprint density at radius 3 is 2.45 bits per heavy atom. The van der Waals surface area contributed by atoms with Crippen LogP contribution >= 0.6 is 11.8 Å². The van der Waals surface area contributed by atoms with E-state index >= 15 is 0 Å². The van der Waals surface area contributed by atoms with Crippen LogP contribution in [-0.2, 0) is 0 Å². The molecule has 1 aromatic carbocycles. The first kappa shape index (κ1) is 15.0. The van der Waals surface area contributed by atoms with Gasteiger partial charge >= 0.3 is 0 Å². The topological polar surface area (TPSA) is 42.8 Å². The molecule has 0 spiro atoms. The molecular weight excluding hydrogens is 272 g/mol. The molecule has 1 N–H and O–H groups in total. The smallest absolute Gasteiger partial charge is 0.161 e. The summed E-state index contributed by atoms with van der Waals surface area (Å²) in [6.07, 6.45) is 2.18. The Morgan fingerprint density at radius 1 is 1.25 bits per heavy atom. The molecule has 5 heteroatoms. The predicted molar refractivity (Wildman–Crippen MR) is 86.4 cm³/mol. The van der Waals surface area contributed by atoms with Gasteiger partial charge in [-0.1, -0.05) is 18.7 Å². The first-order chi connectivity index (χ1) is 9.58. The van der Waals surface area contributed by atoms with E-state index in [0.717, 1.165) is 40.9 Å². The number of methoxy groups -OCH3 is 2. The maximum atomic E-state index is 5.28. The van der Waals surface area contributed by atoms with Gasteiger partial charge in [-0.05, 0) is 19.8 Å². The van der Waals surface area contributed by atoms with Gasteiger partial charge in [-0.2, -0.15) is 0 Å². The first-order valence-corrected chi connectivity index (χ1v) is 7.80. The van der Waals surface area contributed by atoms with Crippen LogP contribution in [0.3, 0.4) is 0 Å². The van der Waals surface area contributed by atoms with E-state index in [2.05, 4.69) is 19.2 Å².